The lowest BCUT2D eigenvalue weighted by Crippen LogP contribution is -2.03. The number of aromatic nitrogens is 5. The molecule has 0 fully saturated rings. The Kier molecular flexibility index (Phi) is 3.05. The zero-order valence-electron chi connectivity index (χ0n) is 11.7. The molecular weight excluding hydrogens is 270 g/mol. The van der Waals surface area contributed by atoms with Crippen molar-refractivity contribution in [1.82, 2.24) is 25.1 Å². The van der Waals surface area contributed by atoms with Gasteiger partial charge in [0.05, 0.1) is 17.8 Å². The lowest BCUT2D eigenvalue weighted by molar-refractivity contribution is 0.476. The summed E-state index contributed by atoms with van der Waals surface area (Å²) in [6.07, 6.45) is 4.88. The fourth-order valence-electron chi connectivity index (χ4n) is 2.00. The molecule has 0 atom stereocenters. The third-order valence-electron chi connectivity index (χ3n) is 3.09. The first-order valence-electron chi connectivity index (χ1n) is 6.44. The van der Waals surface area contributed by atoms with E-state index < -0.39 is 0 Å². The predicted octanol–water partition coefficient (Wildman–Crippen LogP) is 1.83. The summed E-state index contributed by atoms with van der Waals surface area (Å²) in [5.41, 5.74) is 12.9. The van der Waals surface area contributed by atoms with E-state index in [9.17, 15) is 0 Å². The molecule has 8 heteroatoms. The molecule has 0 spiro atoms. The monoisotopic (exact) mass is 285 g/mol. The van der Waals surface area contributed by atoms with Gasteiger partial charge in [-0.05, 0) is 5.92 Å². The number of nitrogens with zero attached hydrogens (tertiary/aromatic N) is 4. The average Bonchev–Trinajstić information content (AvgIpc) is 2.90. The Hall–Kier alpha value is -2.90. The van der Waals surface area contributed by atoms with Crippen LogP contribution in [0.5, 0.6) is 11.5 Å². The lowest BCUT2D eigenvalue weighted by atomic mass is 10.0. The van der Waals surface area contributed by atoms with E-state index in [0.29, 0.717) is 17.1 Å². The standard InChI is InChI=1S/C13H15N7O/c1-6(2)7-3-16-12-8(4-18-20-12)10(7)21-9-5-17-13(15)19-11(9)14/h3-6H,1-2H3,(H,16,18,20)(H4,14,15,17,19). The van der Waals surface area contributed by atoms with E-state index in [4.69, 9.17) is 16.2 Å². The van der Waals surface area contributed by atoms with Crippen LogP contribution in [0.1, 0.15) is 25.3 Å². The minimum Gasteiger partial charge on any atom is -0.451 e. The van der Waals surface area contributed by atoms with Crippen LogP contribution in [-0.2, 0) is 0 Å². The summed E-state index contributed by atoms with van der Waals surface area (Å²) in [6.45, 7) is 4.11. The minimum absolute atomic E-state index is 0.104. The van der Waals surface area contributed by atoms with Crippen molar-refractivity contribution in [1.29, 1.82) is 0 Å². The van der Waals surface area contributed by atoms with Crippen molar-refractivity contribution in [2.75, 3.05) is 11.5 Å². The number of hydrogen-bond acceptors (Lipinski definition) is 7. The van der Waals surface area contributed by atoms with Crippen molar-refractivity contribution in [2.45, 2.75) is 19.8 Å². The van der Waals surface area contributed by atoms with E-state index in [1.54, 1.807) is 12.4 Å². The van der Waals surface area contributed by atoms with Gasteiger partial charge in [-0.1, -0.05) is 13.8 Å². The van der Waals surface area contributed by atoms with E-state index >= 15 is 0 Å². The molecule has 3 aromatic heterocycles. The van der Waals surface area contributed by atoms with Gasteiger partial charge in [0.1, 0.15) is 5.75 Å². The van der Waals surface area contributed by atoms with E-state index in [-0.39, 0.29) is 17.7 Å². The van der Waals surface area contributed by atoms with Gasteiger partial charge in [0.2, 0.25) is 5.95 Å². The Balaban J connectivity index is 2.14. The quantitative estimate of drug-likeness (QED) is 0.669. The molecule has 0 saturated carbocycles. The summed E-state index contributed by atoms with van der Waals surface area (Å²) < 4.78 is 5.92. The van der Waals surface area contributed by atoms with Gasteiger partial charge in [-0.15, -0.1) is 0 Å². The molecule has 21 heavy (non-hydrogen) atoms. The van der Waals surface area contributed by atoms with Crippen LogP contribution in [0, 0.1) is 0 Å². The Labute approximate surface area is 120 Å². The van der Waals surface area contributed by atoms with Gasteiger partial charge in [-0.3, -0.25) is 5.10 Å². The zero-order chi connectivity index (χ0) is 15.0. The fraction of sp³-hybridized carbons (Fsp3) is 0.231. The molecule has 0 bridgehead atoms. The van der Waals surface area contributed by atoms with Crippen molar-refractivity contribution in [3.63, 3.8) is 0 Å². The van der Waals surface area contributed by atoms with Gasteiger partial charge in [-0.25, -0.2) is 9.97 Å². The highest BCUT2D eigenvalue weighted by Gasteiger charge is 2.17. The van der Waals surface area contributed by atoms with Crippen LogP contribution in [-0.4, -0.2) is 25.1 Å². The number of pyridine rings is 1. The zero-order valence-corrected chi connectivity index (χ0v) is 11.7. The molecule has 0 aliphatic heterocycles. The molecule has 0 radical (unpaired) electrons. The van der Waals surface area contributed by atoms with Crippen molar-refractivity contribution in [3.05, 3.63) is 24.2 Å². The first-order valence-corrected chi connectivity index (χ1v) is 6.44. The summed E-state index contributed by atoms with van der Waals surface area (Å²) in [4.78, 5) is 12.1. The Bertz CT molecular complexity index is 796. The van der Waals surface area contributed by atoms with Gasteiger partial charge < -0.3 is 16.2 Å². The number of aromatic amines is 1. The van der Waals surface area contributed by atoms with Crippen LogP contribution in [0.25, 0.3) is 11.0 Å². The number of nitrogens with two attached hydrogens (primary N) is 2. The Morgan fingerprint density at radius 3 is 2.67 bits per heavy atom. The molecule has 3 rings (SSSR count). The molecular formula is C13H15N7O. The molecule has 108 valence electrons. The molecule has 0 aliphatic rings. The Morgan fingerprint density at radius 1 is 1.14 bits per heavy atom. The highest BCUT2D eigenvalue weighted by Crippen LogP contribution is 2.36. The summed E-state index contributed by atoms with van der Waals surface area (Å²) in [7, 11) is 0. The largest absolute Gasteiger partial charge is 0.451 e. The summed E-state index contributed by atoms with van der Waals surface area (Å²) >= 11 is 0. The molecule has 8 nitrogen and oxygen atoms in total. The van der Waals surface area contributed by atoms with Crippen LogP contribution in [0.2, 0.25) is 0 Å². The van der Waals surface area contributed by atoms with Crippen LogP contribution in [0.4, 0.5) is 11.8 Å². The number of nitrogen functional groups attached to an aromatic ring is 2. The maximum atomic E-state index is 5.92. The molecule has 0 aliphatic carbocycles. The van der Waals surface area contributed by atoms with E-state index in [1.807, 2.05) is 0 Å². The number of anilines is 2. The van der Waals surface area contributed by atoms with Crippen molar-refractivity contribution in [2.24, 2.45) is 0 Å². The van der Waals surface area contributed by atoms with Crippen LogP contribution >= 0.6 is 0 Å². The second-order valence-electron chi connectivity index (χ2n) is 4.91. The van der Waals surface area contributed by atoms with Gasteiger partial charge in [0.25, 0.3) is 0 Å². The van der Waals surface area contributed by atoms with E-state index in [0.717, 1.165) is 10.9 Å². The third kappa shape index (κ3) is 2.31. The topological polar surface area (TPSA) is 129 Å². The van der Waals surface area contributed by atoms with Crippen LogP contribution in [0.15, 0.2) is 18.6 Å². The van der Waals surface area contributed by atoms with E-state index in [1.165, 1.54) is 6.20 Å². The molecule has 0 aromatic carbocycles. The number of rotatable bonds is 3. The normalized spacial score (nSPS) is 11.2. The summed E-state index contributed by atoms with van der Waals surface area (Å²) in [5, 5.41) is 7.58. The maximum absolute atomic E-state index is 5.92. The fourth-order valence-corrected chi connectivity index (χ4v) is 2.00. The molecule has 3 heterocycles. The highest BCUT2D eigenvalue weighted by atomic mass is 16.5. The number of hydrogen-bond donors (Lipinski definition) is 3. The molecule has 0 amide bonds. The van der Waals surface area contributed by atoms with Crippen LogP contribution in [0.3, 0.4) is 0 Å². The SMILES string of the molecule is CC(C)c1cnc2[nH]ncc2c1Oc1cnc(N)nc1N. The summed E-state index contributed by atoms with van der Waals surface area (Å²) in [6, 6.07) is 0. The molecule has 0 unspecified atom stereocenters. The number of nitrogens with one attached hydrogen (secondary N) is 1. The smallest absolute Gasteiger partial charge is 0.222 e. The van der Waals surface area contributed by atoms with Gasteiger partial charge in [-0.2, -0.15) is 10.1 Å². The second kappa shape index (κ2) is 4.89. The third-order valence-corrected chi connectivity index (χ3v) is 3.09. The molecule has 5 N–H and O–H groups in total. The van der Waals surface area contributed by atoms with Crippen molar-refractivity contribution < 1.29 is 4.74 Å². The van der Waals surface area contributed by atoms with Gasteiger partial charge in [0, 0.05) is 11.8 Å². The summed E-state index contributed by atoms with van der Waals surface area (Å²) in [5.74, 6) is 1.50. The van der Waals surface area contributed by atoms with Gasteiger partial charge >= 0.3 is 0 Å². The number of H-pyrrole nitrogens is 1. The molecule has 0 saturated heterocycles. The minimum atomic E-state index is 0.104. The first-order chi connectivity index (χ1) is 10.1. The number of ether oxygens (including phenoxy) is 1. The number of fused-ring (bicyclic) bond motifs is 1. The predicted molar refractivity (Wildman–Crippen MR) is 78.9 cm³/mol. The molecule has 3 aromatic rings. The van der Waals surface area contributed by atoms with E-state index in [2.05, 4.69) is 39.0 Å². The average molecular weight is 285 g/mol. The first kappa shape index (κ1) is 13.1. The highest BCUT2D eigenvalue weighted by molar-refractivity contribution is 5.83. The van der Waals surface area contributed by atoms with Crippen LogP contribution < -0.4 is 16.2 Å². The second-order valence-corrected chi connectivity index (χ2v) is 4.91. The lowest BCUT2D eigenvalue weighted by Gasteiger charge is -2.14. The Morgan fingerprint density at radius 2 is 1.95 bits per heavy atom. The van der Waals surface area contributed by atoms with Gasteiger partial charge in [0.15, 0.2) is 17.2 Å². The van der Waals surface area contributed by atoms with Crippen molar-refractivity contribution >= 4 is 22.8 Å². The van der Waals surface area contributed by atoms with Crippen molar-refractivity contribution in [3.8, 4) is 11.5 Å². The maximum Gasteiger partial charge on any atom is 0.222 e.